The van der Waals surface area contributed by atoms with E-state index in [0.29, 0.717) is 22.7 Å². The molecule has 32 heavy (non-hydrogen) atoms. The van der Waals surface area contributed by atoms with Crippen LogP contribution in [0.3, 0.4) is 0 Å². The fourth-order valence-corrected chi connectivity index (χ4v) is 3.44. The molecule has 8 nitrogen and oxygen atoms in total. The number of methoxy groups -OCH3 is 2. The van der Waals surface area contributed by atoms with E-state index in [2.05, 4.69) is 20.8 Å². The summed E-state index contributed by atoms with van der Waals surface area (Å²) in [4.78, 5) is 13.1. The second-order valence-electron chi connectivity index (χ2n) is 7.22. The number of tetrazole rings is 1. The molecule has 4 aromatic rings. The number of hydrogen-bond donors (Lipinski definition) is 1. The average Bonchev–Trinajstić information content (AvgIpc) is 3.37. The van der Waals surface area contributed by atoms with Crippen LogP contribution in [-0.4, -0.2) is 40.3 Å². The molecule has 0 spiro atoms. The van der Waals surface area contributed by atoms with Crippen LogP contribution in [0.5, 0.6) is 11.5 Å². The number of rotatable bonds is 7. The van der Waals surface area contributed by atoms with Crippen LogP contribution in [0.1, 0.15) is 21.5 Å². The van der Waals surface area contributed by atoms with Gasteiger partial charge in [-0.25, -0.2) is 4.68 Å². The molecule has 162 valence electrons. The van der Waals surface area contributed by atoms with Crippen molar-refractivity contribution < 1.29 is 14.3 Å². The number of benzene rings is 3. The predicted octanol–water partition coefficient (Wildman–Crippen LogP) is 3.58. The molecular weight excluding hydrogens is 406 g/mol. The first kappa shape index (κ1) is 21.0. The highest BCUT2D eigenvalue weighted by Crippen LogP contribution is 2.30. The Kier molecular flexibility index (Phi) is 6.12. The minimum Gasteiger partial charge on any atom is -0.493 e. The average molecular weight is 429 g/mol. The molecule has 1 heterocycles. The van der Waals surface area contributed by atoms with Crippen LogP contribution in [0, 0.1) is 6.92 Å². The van der Waals surface area contributed by atoms with Gasteiger partial charge >= 0.3 is 0 Å². The molecule has 0 aliphatic rings. The van der Waals surface area contributed by atoms with Gasteiger partial charge in [-0.2, -0.15) is 0 Å². The van der Waals surface area contributed by atoms with E-state index < -0.39 is 0 Å². The second kappa shape index (κ2) is 9.30. The van der Waals surface area contributed by atoms with Crippen LogP contribution in [0.15, 0.2) is 67.0 Å². The van der Waals surface area contributed by atoms with E-state index in [1.807, 2.05) is 61.5 Å². The number of nitrogens with zero attached hydrogens (tertiary/aromatic N) is 4. The van der Waals surface area contributed by atoms with Crippen LogP contribution in [0.2, 0.25) is 0 Å². The zero-order chi connectivity index (χ0) is 22.5. The Balaban J connectivity index is 1.65. The Morgan fingerprint density at radius 3 is 2.50 bits per heavy atom. The molecular formula is C24H23N5O3. The number of aromatic nitrogens is 4. The zero-order valence-corrected chi connectivity index (χ0v) is 18.1. The summed E-state index contributed by atoms with van der Waals surface area (Å²) >= 11 is 0. The standard InChI is InChI=1S/C24H23N5O3/c1-16-7-9-17(10-8-16)19-11-20(13-21(12-19)29-15-26-27-28-29)24(30)25-14-18-5-4-6-22(31-2)23(18)32-3/h4-13,15H,14H2,1-3H3,(H,25,30). The van der Waals surface area contributed by atoms with Gasteiger partial charge in [-0.15, -0.1) is 5.10 Å². The third-order valence-corrected chi connectivity index (χ3v) is 5.10. The summed E-state index contributed by atoms with van der Waals surface area (Å²) in [6.45, 7) is 2.32. The van der Waals surface area contributed by atoms with Crippen molar-refractivity contribution in [3.05, 3.63) is 83.7 Å². The van der Waals surface area contributed by atoms with E-state index in [-0.39, 0.29) is 12.5 Å². The first-order valence-electron chi connectivity index (χ1n) is 10.0. The van der Waals surface area contributed by atoms with Gasteiger partial charge in [0.25, 0.3) is 5.91 Å². The van der Waals surface area contributed by atoms with Crippen molar-refractivity contribution in [1.82, 2.24) is 25.5 Å². The summed E-state index contributed by atoms with van der Waals surface area (Å²) < 4.78 is 12.3. The van der Waals surface area contributed by atoms with E-state index in [1.165, 1.54) is 11.0 Å². The van der Waals surface area contributed by atoms with Gasteiger partial charge in [-0.05, 0) is 52.7 Å². The molecule has 0 atom stereocenters. The third-order valence-electron chi connectivity index (χ3n) is 5.10. The van der Waals surface area contributed by atoms with Crippen molar-refractivity contribution in [2.45, 2.75) is 13.5 Å². The summed E-state index contributed by atoms with van der Waals surface area (Å²) in [6.07, 6.45) is 1.50. The largest absolute Gasteiger partial charge is 0.493 e. The quantitative estimate of drug-likeness (QED) is 0.483. The van der Waals surface area contributed by atoms with Gasteiger partial charge in [-0.3, -0.25) is 4.79 Å². The van der Waals surface area contributed by atoms with Crippen LogP contribution in [0.25, 0.3) is 16.8 Å². The summed E-state index contributed by atoms with van der Waals surface area (Å²) in [7, 11) is 3.16. The number of para-hydroxylation sites is 1. The van der Waals surface area contributed by atoms with Crippen molar-refractivity contribution in [3.8, 4) is 28.3 Å². The number of ether oxygens (including phenoxy) is 2. The summed E-state index contributed by atoms with van der Waals surface area (Å²) in [5.41, 5.74) is 5.05. The number of nitrogens with one attached hydrogen (secondary N) is 1. The van der Waals surface area contributed by atoms with E-state index in [0.717, 1.165) is 22.3 Å². The van der Waals surface area contributed by atoms with Crippen molar-refractivity contribution in [3.63, 3.8) is 0 Å². The van der Waals surface area contributed by atoms with E-state index >= 15 is 0 Å². The molecule has 0 saturated heterocycles. The Morgan fingerprint density at radius 1 is 1.00 bits per heavy atom. The summed E-state index contributed by atoms with van der Waals surface area (Å²) in [5.74, 6) is 0.984. The second-order valence-corrected chi connectivity index (χ2v) is 7.22. The van der Waals surface area contributed by atoms with E-state index in [1.54, 1.807) is 20.3 Å². The van der Waals surface area contributed by atoms with Crippen molar-refractivity contribution >= 4 is 5.91 Å². The minimum atomic E-state index is -0.224. The number of amides is 1. The van der Waals surface area contributed by atoms with E-state index in [4.69, 9.17) is 9.47 Å². The highest BCUT2D eigenvalue weighted by molar-refractivity contribution is 5.96. The molecule has 0 fully saturated rings. The van der Waals surface area contributed by atoms with Gasteiger partial charge in [0.2, 0.25) is 0 Å². The van der Waals surface area contributed by atoms with Gasteiger partial charge in [0.05, 0.1) is 19.9 Å². The normalized spacial score (nSPS) is 10.6. The monoisotopic (exact) mass is 429 g/mol. The van der Waals surface area contributed by atoms with Gasteiger partial charge < -0.3 is 14.8 Å². The molecule has 1 amide bonds. The van der Waals surface area contributed by atoms with Crippen molar-refractivity contribution in [2.24, 2.45) is 0 Å². The summed E-state index contributed by atoms with van der Waals surface area (Å²) in [6, 6.07) is 19.2. The molecule has 1 N–H and O–H groups in total. The van der Waals surface area contributed by atoms with Crippen LogP contribution < -0.4 is 14.8 Å². The first-order valence-corrected chi connectivity index (χ1v) is 10.0. The van der Waals surface area contributed by atoms with Crippen molar-refractivity contribution in [1.29, 1.82) is 0 Å². The topological polar surface area (TPSA) is 91.2 Å². The molecule has 8 heteroatoms. The smallest absolute Gasteiger partial charge is 0.251 e. The summed E-state index contributed by atoms with van der Waals surface area (Å²) in [5, 5.41) is 14.3. The van der Waals surface area contributed by atoms with Gasteiger partial charge in [0, 0.05) is 17.7 Å². The Bertz CT molecular complexity index is 1220. The lowest BCUT2D eigenvalue weighted by molar-refractivity contribution is 0.0950. The number of carbonyl (C=O) groups is 1. The molecule has 0 unspecified atom stereocenters. The lowest BCUT2D eigenvalue weighted by Gasteiger charge is -2.14. The SMILES string of the molecule is COc1cccc(CNC(=O)c2cc(-c3ccc(C)cc3)cc(-n3cnnn3)c2)c1OC. The predicted molar refractivity (Wildman–Crippen MR) is 120 cm³/mol. The van der Waals surface area contributed by atoms with Gasteiger partial charge in [-0.1, -0.05) is 42.0 Å². The number of carbonyl (C=O) groups excluding carboxylic acids is 1. The molecule has 4 rings (SSSR count). The van der Waals surface area contributed by atoms with Crippen LogP contribution in [0.4, 0.5) is 0 Å². The molecule has 3 aromatic carbocycles. The maximum Gasteiger partial charge on any atom is 0.251 e. The maximum atomic E-state index is 13.1. The Labute approximate surface area is 185 Å². The molecule has 0 aliphatic heterocycles. The highest BCUT2D eigenvalue weighted by atomic mass is 16.5. The molecule has 1 aromatic heterocycles. The maximum absolute atomic E-state index is 13.1. The van der Waals surface area contributed by atoms with Crippen molar-refractivity contribution in [2.75, 3.05) is 14.2 Å². The Morgan fingerprint density at radius 2 is 1.81 bits per heavy atom. The number of hydrogen-bond acceptors (Lipinski definition) is 6. The lowest BCUT2D eigenvalue weighted by atomic mass is 10.0. The highest BCUT2D eigenvalue weighted by Gasteiger charge is 2.14. The van der Waals surface area contributed by atoms with E-state index in [9.17, 15) is 4.79 Å². The molecule has 0 radical (unpaired) electrons. The Hall–Kier alpha value is -4.20. The van der Waals surface area contributed by atoms with Crippen LogP contribution in [-0.2, 0) is 6.54 Å². The molecule has 0 saturated carbocycles. The number of aryl methyl sites for hydroxylation is 1. The zero-order valence-electron chi connectivity index (χ0n) is 18.1. The van der Waals surface area contributed by atoms with Gasteiger partial charge in [0.15, 0.2) is 11.5 Å². The van der Waals surface area contributed by atoms with Crippen LogP contribution >= 0.6 is 0 Å². The fourth-order valence-electron chi connectivity index (χ4n) is 3.44. The fraction of sp³-hybridized carbons (Fsp3) is 0.167. The first-order chi connectivity index (χ1) is 15.6. The third kappa shape index (κ3) is 4.44. The lowest BCUT2D eigenvalue weighted by Crippen LogP contribution is -2.23. The molecule has 0 bridgehead atoms. The minimum absolute atomic E-state index is 0.224. The van der Waals surface area contributed by atoms with Gasteiger partial charge in [0.1, 0.15) is 6.33 Å². The molecule has 0 aliphatic carbocycles.